The van der Waals surface area contributed by atoms with Crippen molar-refractivity contribution in [1.82, 2.24) is 4.90 Å². The maximum atomic E-state index is 13.2. The molecule has 6 heteroatoms. The van der Waals surface area contributed by atoms with Gasteiger partial charge in [-0.3, -0.25) is 9.10 Å². The number of hydrogen-bond acceptors (Lipinski definition) is 3. The molecule has 0 radical (unpaired) electrons. The van der Waals surface area contributed by atoms with Gasteiger partial charge in [-0.15, -0.1) is 0 Å². The van der Waals surface area contributed by atoms with Crippen LogP contribution in [-0.2, 0) is 16.6 Å². The first-order valence-electron chi connectivity index (χ1n) is 10.2. The SMILES string of the molecule is Cc1ccc(C(=O)N(C)Cc2cccc3ccccc23)cc1N1CCCCS1(=O)=O. The summed E-state index contributed by atoms with van der Waals surface area (Å²) >= 11 is 0. The third-order valence-corrected chi connectivity index (χ3v) is 7.56. The largest absolute Gasteiger partial charge is 0.337 e. The molecule has 1 amide bonds. The number of anilines is 1. The summed E-state index contributed by atoms with van der Waals surface area (Å²) in [7, 11) is -1.55. The summed E-state index contributed by atoms with van der Waals surface area (Å²) < 4.78 is 26.6. The van der Waals surface area contributed by atoms with Crippen LogP contribution in [0.1, 0.15) is 34.3 Å². The molecule has 0 aromatic heterocycles. The molecule has 1 heterocycles. The number of rotatable bonds is 4. The maximum Gasteiger partial charge on any atom is 0.253 e. The summed E-state index contributed by atoms with van der Waals surface area (Å²) in [5.74, 6) is 0.0320. The molecule has 0 aliphatic carbocycles. The Morgan fingerprint density at radius 3 is 2.60 bits per heavy atom. The van der Waals surface area contributed by atoms with Gasteiger partial charge in [0.1, 0.15) is 0 Å². The van der Waals surface area contributed by atoms with Crippen LogP contribution in [0.2, 0.25) is 0 Å². The van der Waals surface area contributed by atoms with E-state index < -0.39 is 10.0 Å². The number of carbonyl (C=O) groups excluding carboxylic acids is 1. The summed E-state index contributed by atoms with van der Waals surface area (Å²) in [6, 6.07) is 19.6. The Balaban J connectivity index is 1.61. The third-order valence-electron chi connectivity index (χ3n) is 5.71. The summed E-state index contributed by atoms with van der Waals surface area (Å²) in [6.45, 7) is 2.83. The fourth-order valence-electron chi connectivity index (χ4n) is 4.05. The van der Waals surface area contributed by atoms with Crippen LogP contribution in [-0.4, -0.2) is 38.6 Å². The highest BCUT2D eigenvalue weighted by Crippen LogP contribution is 2.28. The minimum atomic E-state index is -3.33. The lowest BCUT2D eigenvalue weighted by Gasteiger charge is -2.30. The van der Waals surface area contributed by atoms with Gasteiger partial charge < -0.3 is 4.90 Å². The summed E-state index contributed by atoms with van der Waals surface area (Å²) in [6.07, 6.45) is 1.52. The molecule has 156 valence electrons. The normalized spacial score (nSPS) is 15.9. The van der Waals surface area contributed by atoms with Gasteiger partial charge in [0.05, 0.1) is 11.4 Å². The van der Waals surface area contributed by atoms with E-state index in [0.717, 1.165) is 28.3 Å². The molecule has 0 bridgehead atoms. The predicted molar refractivity (Wildman–Crippen MR) is 121 cm³/mol. The number of amides is 1. The van der Waals surface area contributed by atoms with Crippen molar-refractivity contribution < 1.29 is 13.2 Å². The lowest BCUT2D eigenvalue weighted by Crippen LogP contribution is -2.38. The smallest absolute Gasteiger partial charge is 0.253 e. The van der Waals surface area contributed by atoms with E-state index in [1.54, 1.807) is 24.1 Å². The second-order valence-corrected chi connectivity index (χ2v) is 9.91. The number of sulfonamides is 1. The second kappa shape index (κ2) is 8.11. The molecule has 1 fully saturated rings. The Kier molecular flexibility index (Phi) is 5.52. The molecule has 0 atom stereocenters. The van der Waals surface area contributed by atoms with Crippen LogP contribution in [0.3, 0.4) is 0 Å². The van der Waals surface area contributed by atoms with E-state index in [1.807, 2.05) is 37.3 Å². The van der Waals surface area contributed by atoms with Crippen LogP contribution in [0.15, 0.2) is 60.7 Å². The molecule has 0 spiro atoms. The average Bonchev–Trinajstić information content (AvgIpc) is 2.74. The Morgan fingerprint density at radius 1 is 1.03 bits per heavy atom. The van der Waals surface area contributed by atoms with Gasteiger partial charge in [0.2, 0.25) is 10.0 Å². The van der Waals surface area contributed by atoms with Gasteiger partial charge in [0.25, 0.3) is 5.91 Å². The Hall–Kier alpha value is -2.86. The van der Waals surface area contributed by atoms with Gasteiger partial charge in [-0.25, -0.2) is 8.42 Å². The molecule has 30 heavy (non-hydrogen) atoms. The highest BCUT2D eigenvalue weighted by molar-refractivity contribution is 7.92. The molecule has 1 aliphatic rings. The fourth-order valence-corrected chi connectivity index (χ4v) is 5.74. The van der Waals surface area contributed by atoms with Crippen molar-refractivity contribution in [3.63, 3.8) is 0 Å². The lowest BCUT2D eigenvalue weighted by atomic mass is 10.0. The third kappa shape index (κ3) is 3.92. The Bertz CT molecular complexity index is 1200. The van der Waals surface area contributed by atoms with Crippen molar-refractivity contribution in [3.05, 3.63) is 77.4 Å². The zero-order valence-electron chi connectivity index (χ0n) is 17.3. The van der Waals surface area contributed by atoms with E-state index in [0.29, 0.717) is 30.8 Å². The molecular formula is C24H26N2O3S. The molecule has 0 saturated carbocycles. The molecule has 3 aromatic carbocycles. The van der Waals surface area contributed by atoms with Crippen LogP contribution in [0, 0.1) is 6.92 Å². The number of carbonyl (C=O) groups is 1. The first-order chi connectivity index (χ1) is 14.4. The molecule has 3 aromatic rings. The molecule has 1 aliphatic heterocycles. The number of benzene rings is 3. The quantitative estimate of drug-likeness (QED) is 0.628. The first kappa shape index (κ1) is 20.4. The van der Waals surface area contributed by atoms with Crippen molar-refractivity contribution in [3.8, 4) is 0 Å². The van der Waals surface area contributed by atoms with E-state index in [4.69, 9.17) is 0 Å². The van der Waals surface area contributed by atoms with E-state index in [2.05, 4.69) is 18.2 Å². The number of nitrogens with zero attached hydrogens (tertiary/aromatic N) is 2. The highest BCUT2D eigenvalue weighted by Gasteiger charge is 2.28. The van der Waals surface area contributed by atoms with E-state index in [1.165, 1.54) is 4.31 Å². The van der Waals surface area contributed by atoms with Crippen molar-refractivity contribution in [1.29, 1.82) is 0 Å². The van der Waals surface area contributed by atoms with Crippen LogP contribution >= 0.6 is 0 Å². The van der Waals surface area contributed by atoms with Crippen LogP contribution in [0.4, 0.5) is 5.69 Å². The molecule has 5 nitrogen and oxygen atoms in total. The van der Waals surface area contributed by atoms with Crippen LogP contribution in [0.5, 0.6) is 0 Å². The van der Waals surface area contributed by atoms with Gasteiger partial charge in [-0.2, -0.15) is 0 Å². The summed E-state index contributed by atoms with van der Waals surface area (Å²) in [4.78, 5) is 14.8. The number of fused-ring (bicyclic) bond motifs is 1. The molecule has 4 rings (SSSR count). The molecule has 1 saturated heterocycles. The monoisotopic (exact) mass is 422 g/mol. The highest BCUT2D eigenvalue weighted by atomic mass is 32.2. The minimum Gasteiger partial charge on any atom is -0.337 e. The van der Waals surface area contributed by atoms with Crippen molar-refractivity contribution in [2.45, 2.75) is 26.3 Å². The van der Waals surface area contributed by atoms with Crippen molar-refractivity contribution in [2.24, 2.45) is 0 Å². The standard InChI is InChI=1S/C24H26N2O3S/c1-18-12-13-20(16-23(18)26-14-5-6-15-30(26,28)29)24(27)25(2)17-21-10-7-9-19-8-3-4-11-22(19)21/h3-4,7-13,16H,5-6,14-15,17H2,1-2H3. The number of hydrogen-bond donors (Lipinski definition) is 0. The Morgan fingerprint density at radius 2 is 1.80 bits per heavy atom. The van der Waals surface area contributed by atoms with Gasteiger partial charge in [-0.1, -0.05) is 48.5 Å². The zero-order chi connectivity index (χ0) is 21.3. The minimum absolute atomic E-state index is 0.126. The molecular weight excluding hydrogens is 396 g/mol. The van der Waals surface area contributed by atoms with E-state index >= 15 is 0 Å². The Labute approximate surface area is 178 Å². The maximum absolute atomic E-state index is 13.2. The van der Waals surface area contributed by atoms with Gasteiger partial charge in [-0.05, 0) is 53.8 Å². The van der Waals surface area contributed by atoms with Gasteiger partial charge in [0.15, 0.2) is 0 Å². The van der Waals surface area contributed by atoms with Crippen LogP contribution in [0.25, 0.3) is 10.8 Å². The number of aryl methyl sites for hydroxylation is 1. The van der Waals surface area contributed by atoms with Gasteiger partial charge >= 0.3 is 0 Å². The summed E-state index contributed by atoms with van der Waals surface area (Å²) in [5.41, 5.74) is 3.04. The van der Waals surface area contributed by atoms with E-state index in [-0.39, 0.29) is 11.7 Å². The van der Waals surface area contributed by atoms with Crippen molar-refractivity contribution in [2.75, 3.05) is 23.7 Å². The molecule has 0 unspecified atom stereocenters. The first-order valence-corrected chi connectivity index (χ1v) is 11.8. The molecule has 0 N–H and O–H groups in total. The average molecular weight is 423 g/mol. The topological polar surface area (TPSA) is 57.7 Å². The predicted octanol–water partition coefficient (Wildman–Crippen LogP) is 4.35. The van der Waals surface area contributed by atoms with E-state index in [9.17, 15) is 13.2 Å². The van der Waals surface area contributed by atoms with Crippen LogP contribution < -0.4 is 4.31 Å². The zero-order valence-corrected chi connectivity index (χ0v) is 18.2. The summed E-state index contributed by atoms with van der Waals surface area (Å²) in [5, 5.41) is 2.27. The van der Waals surface area contributed by atoms with Crippen molar-refractivity contribution >= 4 is 32.4 Å². The fraction of sp³-hybridized carbons (Fsp3) is 0.292. The lowest BCUT2D eigenvalue weighted by molar-refractivity contribution is 0.0785. The second-order valence-electron chi connectivity index (χ2n) is 7.90. The van der Waals surface area contributed by atoms with Gasteiger partial charge in [0, 0.05) is 25.7 Å².